The zero-order valence-corrected chi connectivity index (χ0v) is 4.89. The van der Waals surface area contributed by atoms with E-state index in [9.17, 15) is 9.90 Å². The van der Waals surface area contributed by atoms with Crippen LogP contribution in [-0.4, -0.2) is 16.7 Å². The molecule has 2 heterocycles. The number of hydrogen-bond donors (Lipinski definition) is 0. The van der Waals surface area contributed by atoms with E-state index in [1.54, 1.807) is 6.07 Å². The maximum absolute atomic E-state index is 10.7. The monoisotopic (exact) mass is 137 g/mol. The summed E-state index contributed by atoms with van der Waals surface area (Å²) in [5.41, 5.74) is 0. The molecule has 0 saturated heterocycles. The summed E-state index contributed by atoms with van der Waals surface area (Å²) in [6, 6.07) is 0.537. The topological polar surface area (TPSA) is 61.3 Å². The first-order chi connectivity index (χ1) is 4.79. The fourth-order valence-electron chi connectivity index (χ4n) is 0.841. The average molecular weight is 137 g/mol. The summed E-state index contributed by atoms with van der Waals surface area (Å²) in [5, 5.41) is 10.7. The fraction of sp³-hybridized carbons (Fsp3) is 0. The van der Waals surface area contributed by atoms with E-state index >= 15 is 0 Å². The van der Waals surface area contributed by atoms with Gasteiger partial charge in [0.1, 0.15) is 6.20 Å². The van der Waals surface area contributed by atoms with E-state index in [0.717, 1.165) is 9.36 Å². The van der Waals surface area contributed by atoms with Gasteiger partial charge in [-0.2, -0.15) is 0 Å². The first-order valence-corrected chi connectivity index (χ1v) is 2.69. The number of carbonyl (C=O) groups excluding carboxylic acids is 1. The molecule has 10 heavy (non-hydrogen) atoms. The minimum absolute atomic E-state index is 0.532. The molecule has 0 aromatic carbocycles. The Kier molecular flexibility index (Phi) is 0.743. The Morgan fingerprint density at radius 2 is 2.50 bits per heavy atom. The third kappa shape index (κ3) is 0.439. The lowest BCUT2D eigenvalue weighted by molar-refractivity contribution is -0.675. The van der Waals surface area contributed by atoms with Gasteiger partial charge in [0.15, 0.2) is 0 Å². The molecule has 1 amide bonds. The molecule has 0 spiro atoms. The summed E-state index contributed by atoms with van der Waals surface area (Å²) in [6.45, 7) is 0. The van der Waals surface area contributed by atoms with E-state index in [1.165, 1.54) is 12.4 Å². The second-order valence-corrected chi connectivity index (χ2v) is 1.86. The SMILES string of the molecule is O=C1N=C([O-])[n+]2cccn21. The summed E-state index contributed by atoms with van der Waals surface area (Å²) in [7, 11) is 0. The predicted molar refractivity (Wildman–Crippen MR) is 28.3 cm³/mol. The Morgan fingerprint density at radius 3 is 3.20 bits per heavy atom. The minimum Gasteiger partial charge on any atom is -0.805 e. The van der Waals surface area contributed by atoms with Gasteiger partial charge in [-0.25, -0.2) is 4.79 Å². The molecule has 5 heteroatoms. The van der Waals surface area contributed by atoms with Gasteiger partial charge in [-0.15, -0.1) is 9.36 Å². The lowest BCUT2D eigenvalue weighted by Crippen LogP contribution is -2.52. The molecule has 5 nitrogen and oxygen atoms in total. The van der Waals surface area contributed by atoms with Crippen LogP contribution in [0.2, 0.25) is 0 Å². The number of aliphatic imine (C=N–C) groups is 1. The summed E-state index contributed by atoms with van der Waals surface area (Å²) >= 11 is 0. The highest BCUT2D eigenvalue weighted by molar-refractivity contribution is 5.88. The molecule has 0 N–H and O–H groups in total. The van der Waals surface area contributed by atoms with Gasteiger partial charge in [0.05, 0.1) is 6.20 Å². The summed E-state index contributed by atoms with van der Waals surface area (Å²) < 4.78 is 2.28. The molecule has 0 aliphatic carbocycles. The highest BCUT2D eigenvalue weighted by Gasteiger charge is 2.24. The van der Waals surface area contributed by atoms with Crippen molar-refractivity contribution >= 4 is 12.1 Å². The smallest absolute Gasteiger partial charge is 0.492 e. The number of amides is 1. The third-order valence-electron chi connectivity index (χ3n) is 1.27. The van der Waals surface area contributed by atoms with Crippen molar-refractivity contribution in [2.24, 2.45) is 4.99 Å². The van der Waals surface area contributed by atoms with Gasteiger partial charge < -0.3 is 5.11 Å². The Bertz CT molecular complexity index is 325. The lowest BCUT2D eigenvalue weighted by Gasteiger charge is -1.91. The van der Waals surface area contributed by atoms with Crippen LogP contribution in [0.25, 0.3) is 0 Å². The third-order valence-corrected chi connectivity index (χ3v) is 1.27. The van der Waals surface area contributed by atoms with Crippen LogP contribution in [0.3, 0.4) is 0 Å². The lowest BCUT2D eigenvalue weighted by atomic mass is 10.7. The Morgan fingerprint density at radius 1 is 1.70 bits per heavy atom. The predicted octanol–water partition coefficient (Wildman–Crippen LogP) is -1.68. The Balaban J connectivity index is 2.72. The van der Waals surface area contributed by atoms with Crippen LogP contribution in [0.5, 0.6) is 0 Å². The number of aromatic nitrogens is 2. The zero-order valence-electron chi connectivity index (χ0n) is 4.89. The molecule has 1 aromatic heterocycles. The van der Waals surface area contributed by atoms with Crippen LogP contribution in [-0.2, 0) is 0 Å². The Labute approximate surface area is 55.8 Å². The highest BCUT2D eigenvalue weighted by Crippen LogP contribution is 1.90. The normalized spacial score (nSPS) is 15.2. The van der Waals surface area contributed by atoms with Crippen molar-refractivity contribution in [3.63, 3.8) is 0 Å². The zero-order chi connectivity index (χ0) is 7.14. The number of fused-ring (bicyclic) bond motifs is 1. The molecule has 1 aliphatic rings. The maximum atomic E-state index is 10.7. The molecule has 50 valence electrons. The van der Waals surface area contributed by atoms with E-state index in [4.69, 9.17) is 0 Å². The number of nitrogens with zero attached hydrogens (tertiary/aromatic N) is 3. The van der Waals surface area contributed by atoms with Crippen molar-refractivity contribution in [3.05, 3.63) is 18.5 Å². The minimum atomic E-state index is -0.532. The van der Waals surface area contributed by atoms with Crippen molar-refractivity contribution in [1.82, 2.24) is 4.68 Å². The van der Waals surface area contributed by atoms with Crippen molar-refractivity contribution in [2.75, 3.05) is 0 Å². The maximum Gasteiger partial charge on any atom is 0.492 e. The summed E-state index contributed by atoms with van der Waals surface area (Å²) in [6.07, 6.45) is 2.97. The van der Waals surface area contributed by atoms with E-state index in [2.05, 4.69) is 4.99 Å². The molecule has 0 radical (unpaired) electrons. The molecule has 2 rings (SSSR count). The van der Waals surface area contributed by atoms with Crippen molar-refractivity contribution in [1.29, 1.82) is 0 Å². The standard InChI is InChI=1S/C5H3N3O2/c9-4-6-5(10)8-3-1-2-7(4)8/h1-3H. The Hall–Kier alpha value is -1.65. The molecule has 1 aromatic rings. The van der Waals surface area contributed by atoms with E-state index in [1.807, 2.05) is 0 Å². The van der Waals surface area contributed by atoms with Crippen LogP contribution in [0, 0.1) is 0 Å². The van der Waals surface area contributed by atoms with Crippen LogP contribution in [0.1, 0.15) is 0 Å². The van der Waals surface area contributed by atoms with Gasteiger partial charge in [0.2, 0.25) is 0 Å². The van der Waals surface area contributed by atoms with Crippen LogP contribution in [0.4, 0.5) is 4.79 Å². The molecule has 0 atom stereocenters. The van der Waals surface area contributed by atoms with Crippen molar-refractivity contribution < 1.29 is 14.6 Å². The van der Waals surface area contributed by atoms with Gasteiger partial charge in [0, 0.05) is 11.1 Å². The number of rotatable bonds is 0. The molecular weight excluding hydrogens is 134 g/mol. The van der Waals surface area contributed by atoms with Crippen molar-refractivity contribution in [3.8, 4) is 0 Å². The molecule has 0 fully saturated rings. The van der Waals surface area contributed by atoms with E-state index < -0.39 is 12.1 Å². The van der Waals surface area contributed by atoms with Gasteiger partial charge in [-0.05, 0) is 0 Å². The van der Waals surface area contributed by atoms with E-state index in [-0.39, 0.29) is 0 Å². The first-order valence-electron chi connectivity index (χ1n) is 2.69. The highest BCUT2D eigenvalue weighted by atomic mass is 16.3. The van der Waals surface area contributed by atoms with Gasteiger partial charge in [-0.1, -0.05) is 0 Å². The van der Waals surface area contributed by atoms with Crippen molar-refractivity contribution in [2.45, 2.75) is 0 Å². The summed E-state index contributed by atoms with van der Waals surface area (Å²) in [4.78, 5) is 13.9. The van der Waals surface area contributed by atoms with Crippen LogP contribution >= 0.6 is 0 Å². The number of carbonyl (C=O) groups is 1. The largest absolute Gasteiger partial charge is 0.805 e. The van der Waals surface area contributed by atoms with Crippen LogP contribution < -0.4 is 9.79 Å². The fourth-order valence-corrected chi connectivity index (χ4v) is 0.841. The van der Waals surface area contributed by atoms with Gasteiger partial charge in [0.25, 0.3) is 0 Å². The second kappa shape index (κ2) is 1.44. The first kappa shape index (κ1) is 5.16. The molecule has 1 aliphatic heterocycles. The molecule has 0 unspecified atom stereocenters. The van der Waals surface area contributed by atoms with Gasteiger partial charge >= 0.3 is 12.1 Å². The van der Waals surface area contributed by atoms with E-state index in [0.29, 0.717) is 0 Å². The average Bonchev–Trinajstić information content (AvgIpc) is 2.39. The number of hydrogen-bond acceptors (Lipinski definition) is 2. The molecule has 0 bridgehead atoms. The molecule has 0 saturated carbocycles. The molecular formula is C5H3N3O2. The quantitative estimate of drug-likeness (QED) is 0.401. The van der Waals surface area contributed by atoms with Crippen LogP contribution in [0.15, 0.2) is 23.5 Å². The second-order valence-electron chi connectivity index (χ2n) is 1.86. The summed E-state index contributed by atoms with van der Waals surface area (Å²) in [5.74, 6) is 0. The van der Waals surface area contributed by atoms with Gasteiger partial charge in [-0.3, -0.25) is 0 Å².